The van der Waals surface area contributed by atoms with Gasteiger partial charge in [0.05, 0.1) is 13.2 Å². The zero-order chi connectivity index (χ0) is 21.4. The van der Waals surface area contributed by atoms with Crippen LogP contribution in [0.2, 0.25) is 0 Å². The number of rotatable bonds is 8. The number of likely N-dealkylation sites (tertiary alicyclic amines) is 1. The van der Waals surface area contributed by atoms with Crippen molar-refractivity contribution in [3.05, 3.63) is 35.3 Å². The number of aromatic nitrogens is 1. The van der Waals surface area contributed by atoms with Gasteiger partial charge in [-0.3, -0.25) is 0 Å². The molecule has 6 nitrogen and oxygen atoms in total. The number of benzene rings is 1. The Morgan fingerprint density at radius 3 is 2.60 bits per heavy atom. The number of carbonyl (C=O) groups excluding carboxylic acids is 1. The van der Waals surface area contributed by atoms with Crippen molar-refractivity contribution in [3.8, 4) is 16.3 Å². The van der Waals surface area contributed by atoms with Crippen LogP contribution in [0.25, 0.3) is 10.6 Å². The first-order chi connectivity index (χ1) is 14.4. The van der Waals surface area contributed by atoms with Gasteiger partial charge < -0.3 is 19.7 Å². The van der Waals surface area contributed by atoms with E-state index in [0.29, 0.717) is 6.54 Å². The van der Waals surface area contributed by atoms with Gasteiger partial charge in [-0.2, -0.15) is 0 Å². The molecule has 1 aliphatic heterocycles. The third kappa shape index (κ3) is 7.61. The van der Waals surface area contributed by atoms with Gasteiger partial charge in [0.1, 0.15) is 16.4 Å². The molecular formula is C23H33N3O3S. The summed E-state index contributed by atoms with van der Waals surface area (Å²) in [5.41, 5.74) is 0.546. The fourth-order valence-electron chi connectivity index (χ4n) is 3.35. The lowest BCUT2D eigenvalue weighted by Crippen LogP contribution is -2.31. The first-order valence-electron chi connectivity index (χ1n) is 10.8. The molecule has 0 aliphatic carbocycles. The Morgan fingerprint density at radius 2 is 1.90 bits per heavy atom. The van der Waals surface area contributed by atoms with Crippen molar-refractivity contribution in [2.75, 3.05) is 26.2 Å². The first kappa shape index (κ1) is 22.6. The van der Waals surface area contributed by atoms with Crippen LogP contribution in [-0.2, 0) is 11.3 Å². The molecule has 1 N–H and O–H groups in total. The monoisotopic (exact) mass is 431 g/mol. The molecule has 1 aromatic heterocycles. The number of hydrogen-bond acceptors (Lipinski definition) is 6. The maximum atomic E-state index is 11.8. The van der Waals surface area contributed by atoms with Gasteiger partial charge in [-0.25, -0.2) is 9.78 Å². The van der Waals surface area contributed by atoms with Crippen LogP contribution in [0, 0.1) is 0 Å². The number of nitrogens with zero attached hydrogens (tertiary/aromatic N) is 2. The quantitative estimate of drug-likeness (QED) is 0.590. The predicted octanol–water partition coefficient (Wildman–Crippen LogP) is 5.09. The van der Waals surface area contributed by atoms with E-state index < -0.39 is 11.7 Å². The highest BCUT2D eigenvalue weighted by atomic mass is 32.1. The molecule has 164 valence electrons. The summed E-state index contributed by atoms with van der Waals surface area (Å²) in [7, 11) is 0. The van der Waals surface area contributed by atoms with E-state index in [1.807, 2.05) is 45.0 Å². The van der Waals surface area contributed by atoms with Crippen LogP contribution in [0.5, 0.6) is 5.75 Å². The molecule has 1 saturated heterocycles. The van der Waals surface area contributed by atoms with Crippen molar-refractivity contribution in [2.24, 2.45) is 0 Å². The summed E-state index contributed by atoms with van der Waals surface area (Å²) in [4.78, 5) is 19.8. The number of piperidine rings is 1. The van der Waals surface area contributed by atoms with E-state index in [-0.39, 0.29) is 0 Å². The lowest BCUT2D eigenvalue weighted by molar-refractivity contribution is 0.0524. The van der Waals surface area contributed by atoms with Crippen molar-refractivity contribution < 1.29 is 14.3 Å². The zero-order valence-corrected chi connectivity index (χ0v) is 19.1. The van der Waals surface area contributed by atoms with Crippen LogP contribution in [0.4, 0.5) is 4.79 Å². The summed E-state index contributed by atoms with van der Waals surface area (Å²) in [5.74, 6) is 0.890. The third-order valence-corrected chi connectivity index (χ3v) is 5.84. The van der Waals surface area contributed by atoms with Gasteiger partial charge in [0.2, 0.25) is 0 Å². The van der Waals surface area contributed by atoms with E-state index in [1.54, 1.807) is 17.5 Å². The number of alkyl carbamates (subject to hydrolysis) is 1. The summed E-state index contributed by atoms with van der Waals surface area (Å²) in [6.45, 7) is 10.3. The van der Waals surface area contributed by atoms with Gasteiger partial charge >= 0.3 is 6.09 Å². The highest BCUT2D eigenvalue weighted by Crippen LogP contribution is 2.27. The van der Waals surface area contributed by atoms with Crippen LogP contribution in [0.3, 0.4) is 0 Å². The topological polar surface area (TPSA) is 63.7 Å². The summed E-state index contributed by atoms with van der Waals surface area (Å²) in [6, 6.07) is 8.06. The van der Waals surface area contributed by atoms with Gasteiger partial charge in [0.25, 0.3) is 0 Å². The van der Waals surface area contributed by atoms with Crippen molar-refractivity contribution in [3.63, 3.8) is 0 Å². The summed E-state index contributed by atoms with van der Waals surface area (Å²) in [5, 5.41) is 3.69. The minimum Gasteiger partial charge on any atom is -0.494 e. The highest BCUT2D eigenvalue weighted by Gasteiger charge is 2.16. The van der Waals surface area contributed by atoms with E-state index in [2.05, 4.69) is 15.2 Å². The van der Waals surface area contributed by atoms with Crippen molar-refractivity contribution in [1.82, 2.24) is 15.2 Å². The Hall–Kier alpha value is -2.12. The minimum atomic E-state index is -0.500. The van der Waals surface area contributed by atoms with Gasteiger partial charge in [-0.15, -0.1) is 11.3 Å². The van der Waals surface area contributed by atoms with Crippen LogP contribution in [0.1, 0.15) is 51.3 Å². The molecule has 0 atom stereocenters. The van der Waals surface area contributed by atoms with Gasteiger partial charge in [-0.1, -0.05) is 6.42 Å². The highest BCUT2D eigenvalue weighted by molar-refractivity contribution is 7.15. The second-order valence-electron chi connectivity index (χ2n) is 8.62. The normalized spacial score (nSPS) is 15.0. The maximum absolute atomic E-state index is 11.8. The Balaban J connectivity index is 1.41. The molecule has 2 heterocycles. The Kier molecular flexibility index (Phi) is 8.10. The first-order valence-corrected chi connectivity index (χ1v) is 11.6. The largest absolute Gasteiger partial charge is 0.494 e. The second kappa shape index (κ2) is 10.8. The molecule has 0 spiro atoms. The lowest BCUT2D eigenvalue weighted by atomic mass is 10.1. The Labute approximate surface area is 183 Å². The van der Waals surface area contributed by atoms with Crippen molar-refractivity contribution >= 4 is 17.4 Å². The zero-order valence-electron chi connectivity index (χ0n) is 18.3. The molecule has 1 fully saturated rings. The average Bonchev–Trinajstić information content (AvgIpc) is 3.19. The average molecular weight is 432 g/mol. The van der Waals surface area contributed by atoms with Crippen molar-refractivity contribution in [2.45, 2.75) is 58.6 Å². The SMILES string of the molecule is CC(C)(C)OC(=O)NCc1cnc(-c2ccc(OCCCN3CCCCC3)cc2)s1. The third-order valence-electron chi connectivity index (χ3n) is 4.80. The molecule has 2 aromatic rings. The minimum absolute atomic E-state index is 0.408. The van der Waals surface area contributed by atoms with E-state index >= 15 is 0 Å². The Bertz CT molecular complexity index is 793. The van der Waals surface area contributed by atoms with E-state index in [1.165, 1.54) is 32.4 Å². The summed E-state index contributed by atoms with van der Waals surface area (Å²) >= 11 is 1.56. The molecule has 0 bridgehead atoms. The fraction of sp³-hybridized carbons (Fsp3) is 0.565. The molecule has 0 unspecified atom stereocenters. The lowest BCUT2D eigenvalue weighted by Gasteiger charge is -2.26. The molecule has 0 saturated carbocycles. The van der Waals surface area contributed by atoms with E-state index in [9.17, 15) is 4.79 Å². The second-order valence-corrected chi connectivity index (χ2v) is 9.73. The van der Waals surface area contributed by atoms with Gasteiger partial charge in [0, 0.05) is 23.2 Å². The molecular weight excluding hydrogens is 398 g/mol. The van der Waals surface area contributed by atoms with Crippen molar-refractivity contribution in [1.29, 1.82) is 0 Å². The van der Waals surface area contributed by atoms with Crippen LogP contribution >= 0.6 is 11.3 Å². The number of hydrogen-bond donors (Lipinski definition) is 1. The number of nitrogens with one attached hydrogen (secondary N) is 1. The van der Waals surface area contributed by atoms with E-state index in [0.717, 1.165) is 40.8 Å². The smallest absolute Gasteiger partial charge is 0.407 e. The van der Waals surface area contributed by atoms with Gasteiger partial charge in [-0.05, 0) is 77.4 Å². The summed E-state index contributed by atoms with van der Waals surface area (Å²) in [6.07, 6.45) is 6.47. The van der Waals surface area contributed by atoms with E-state index in [4.69, 9.17) is 9.47 Å². The van der Waals surface area contributed by atoms with Crippen LogP contribution in [0.15, 0.2) is 30.5 Å². The summed E-state index contributed by atoms with van der Waals surface area (Å²) < 4.78 is 11.1. The number of ether oxygens (including phenoxy) is 2. The molecule has 0 radical (unpaired) electrons. The van der Waals surface area contributed by atoms with Crippen LogP contribution < -0.4 is 10.1 Å². The standard InChI is InChI=1S/C23H33N3O3S/c1-23(2,3)29-22(27)25-17-20-16-24-21(30-20)18-8-10-19(11-9-18)28-15-7-14-26-12-5-4-6-13-26/h8-11,16H,4-7,12-15,17H2,1-3H3,(H,25,27). The Morgan fingerprint density at radius 1 is 1.17 bits per heavy atom. The maximum Gasteiger partial charge on any atom is 0.407 e. The fourth-order valence-corrected chi connectivity index (χ4v) is 4.21. The molecule has 1 aliphatic rings. The molecule has 1 aromatic carbocycles. The number of carbonyl (C=O) groups is 1. The van der Waals surface area contributed by atoms with Gasteiger partial charge in [0.15, 0.2) is 0 Å². The molecule has 3 rings (SSSR count). The number of amides is 1. The molecule has 30 heavy (non-hydrogen) atoms. The molecule has 1 amide bonds. The number of thiazole rings is 1. The molecule has 7 heteroatoms. The van der Waals surface area contributed by atoms with Crippen LogP contribution in [-0.4, -0.2) is 47.8 Å². The predicted molar refractivity (Wildman–Crippen MR) is 121 cm³/mol.